The largest absolute Gasteiger partial charge is 0.375 e. The summed E-state index contributed by atoms with van der Waals surface area (Å²) >= 11 is 0. The third kappa shape index (κ3) is 3.12. The number of nitrogens with two attached hydrogens (primary N) is 1. The topological polar surface area (TPSA) is 96.5 Å². The summed E-state index contributed by atoms with van der Waals surface area (Å²) in [4.78, 5) is 13.0. The molecular weight excluding hydrogens is 246 g/mol. The van der Waals surface area contributed by atoms with Crippen LogP contribution >= 0.6 is 0 Å². The fourth-order valence-electron chi connectivity index (χ4n) is 2.48. The Bertz CT molecular complexity index is 465. The van der Waals surface area contributed by atoms with Crippen molar-refractivity contribution < 1.29 is 4.92 Å². The maximum absolute atomic E-state index is 11.2. The van der Waals surface area contributed by atoms with E-state index in [2.05, 4.69) is 22.7 Å². The van der Waals surface area contributed by atoms with Crippen molar-refractivity contribution in [3.8, 4) is 0 Å². The number of nitrogens with one attached hydrogen (secondary N) is 2. The second kappa shape index (κ2) is 5.85. The van der Waals surface area contributed by atoms with Gasteiger partial charge in [0.1, 0.15) is 11.4 Å². The van der Waals surface area contributed by atoms with E-state index in [1.165, 1.54) is 0 Å². The molecule has 0 bridgehead atoms. The van der Waals surface area contributed by atoms with Gasteiger partial charge in [-0.25, -0.2) is 0 Å². The average Bonchev–Trinajstić information content (AvgIpc) is 2.38. The summed E-state index contributed by atoms with van der Waals surface area (Å²) in [6, 6.07) is 5.28. The van der Waals surface area contributed by atoms with E-state index in [0.717, 1.165) is 25.9 Å². The number of rotatable bonds is 4. The molecule has 0 spiro atoms. The summed E-state index contributed by atoms with van der Waals surface area (Å²) in [5.41, 5.74) is 3.20. The van der Waals surface area contributed by atoms with Crippen molar-refractivity contribution in [2.75, 3.05) is 30.9 Å². The number of nitrogen functional groups attached to an aromatic ring is 1. The molecule has 1 aliphatic rings. The van der Waals surface area contributed by atoms with Crippen molar-refractivity contribution in [2.24, 2.45) is 5.84 Å². The highest BCUT2D eigenvalue weighted by Crippen LogP contribution is 2.33. The molecule has 2 rings (SSSR count). The van der Waals surface area contributed by atoms with E-state index in [0.29, 0.717) is 11.4 Å². The van der Waals surface area contributed by atoms with Gasteiger partial charge in [-0.05, 0) is 38.6 Å². The molecule has 0 aromatic heterocycles. The predicted octanol–water partition coefficient (Wildman–Crippen LogP) is 1.39. The zero-order valence-corrected chi connectivity index (χ0v) is 10.9. The van der Waals surface area contributed by atoms with Gasteiger partial charge in [0.25, 0.3) is 0 Å². The lowest BCUT2D eigenvalue weighted by atomic mass is 10.1. The molecule has 1 aromatic carbocycles. The molecule has 1 fully saturated rings. The number of anilines is 2. The zero-order valence-electron chi connectivity index (χ0n) is 10.9. The van der Waals surface area contributed by atoms with E-state index in [1.54, 1.807) is 18.2 Å². The van der Waals surface area contributed by atoms with Gasteiger partial charge in [0.15, 0.2) is 0 Å². The van der Waals surface area contributed by atoms with Crippen LogP contribution in [0.3, 0.4) is 0 Å². The van der Waals surface area contributed by atoms with E-state index in [4.69, 9.17) is 5.84 Å². The quantitative estimate of drug-likeness (QED) is 0.432. The highest BCUT2D eigenvalue weighted by atomic mass is 16.6. The van der Waals surface area contributed by atoms with Crippen LogP contribution in [0.1, 0.15) is 12.8 Å². The van der Waals surface area contributed by atoms with Gasteiger partial charge in [0.05, 0.1) is 4.92 Å². The Morgan fingerprint density at radius 3 is 2.84 bits per heavy atom. The van der Waals surface area contributed by atoms with Crippen LogP contribution in [0.4, 0.5) is 17.1 Å². The number of para-hydroxylation sites is 1. The summed E-state index contributed by atoms with van der Waals surface area (Å²) in [5, 5.41) is 14.4. The van der Waals surface area contributed by atoms with Gasteiger partial charge in [-0.1, -0.05) is 6.07 Å². The number of benzene rings is 1. The van der Waals surface area contributed by atoms with Gasteiger partial charge < -0.3 is 15.6 Å². The molecule has 0 amide bonds. The van der Waals surface area contributed by atoms with Crippen molar-refractivity contribution in [3.63, 3.8) is 0 Å². The van der Waals surface area contributed by atoms with Crippen LogP contribution in [0.5, 0.6) is 0 Å². The lowest BCUT2D eigenvalue weighted by Crippen LogP contribution is -2.39. The minimum absolute atomic E-state index is 0.00164. The fraction of sp³-hybridized carbons (Fsp3) is 0.500. The summed E-state index contributed by atoms with van der Waals surface area (Å²) in [5.74, 6) is 5.32. The highest BCUT2D eigenvalue weighted by Gasteiger charge is 2.23. The van der Waals surface area contributed by atoms with Crippen LogP contribution in [0.25, 0.3) is 0 Å². The molecule has 104 valence electrons. The minimum Gasteiger partial charge on any atom is -0.375 e. The SMILES string of the molecule is CN1CCCC(Nc2cccc(NN)c2[N+](=O)[O-])C1. The van der Waals surface area contributed by atoms with E-state index < -0.39 is 4.92 Å². The first-order valence-corrected chi connectivity index (χ1v) is 6.31. The first-order valence-electron chi connectivity index (χ1n) is 6.31. The minimum atomic E-state index is -0.413. The fourth-order valence-corrected chi connectivity index (χ4v) is 2.48. The molecule has 7 heteroatoms. The number of nitro groups is 1. The van der Waals surface area contributed by atoms with Crippen LogP contribution in [0.15, 0.2) is 18.2 Å². The maximum Gasteiger partial charge on any atom is 0.316 e. The van der Waals surface area contributed by atoms with Crippen LogP contribution in [-0.2, 0) is 0 Å². The number of likely N-dealkylation sites (tertiary alicyclic amines) is 1. The van der Waals surface area contributed by atoms with E-state index in [-0.39, 0.29) is 11.7 Å². The molecule has 0 saturated carbocycles. The van der Waals surface area contributed by atoms with Crippen molar-refractivity contribution in [1.82, 2.24) is 4.90 Å². The monoisotopic (exact) mass is 265 g/mol. The smallest absolute Gasteiger partial charge is 0.316 e. The number of piperidine rings is 1. The van der Waals surface area contributed by atoms with Crippen molar-refractivity contribution in [2.45, 2.75) is 18.9 Å². The highest BCUT2D eigenvalue weighted by molar-refractivity contribution is 5.76. The van der Waals surface area contributed by atoms with Gasteiger partial charge >= 0.3 is 5.69 Å². The number of nitro benzene ring substituents is 1. The summed E-state index contributed by atoms with van der Waals surface area (Å²) in [6.07, 6.45) is 2.11. The first kappa shape index (κ1) is 13.6. The predicted molar refractivity (Wildman–Crippen MR) is 75.0 cm³/mol. The number of nitrogens with zero attached hydrogens (tertiary/aromatic N) is 2. The second-order valence-corrected chi connectivity index (χ2v) is 4.85. The lowest BCUT2D eigenvalue weighted by Gasteiger charge is -2.30. The average molecular weight is 265 g/mol. The Morgan fingerprint density at radius 1 is 1.47 bits per heavy atom. The van der Waals surface area contributed by atoms with Crippen LogP contribution in [0, 0.1) is 10.1 Å². The molecule has 0 aliphatic carbocycles. The molecule has 4 N–H and O–H groups in total. The normalized spacial score (nSPS) is 20.0. The number of hydrogen-bond donors (Lipinski definition) is 3. The molecule has 0 radical (unpaired) electrons. The maximum atomic E-state index is 11.2. The molecule has 1 unspecified atom stereocenters. The Morgan fingerprint density at radius 2 is 2.21 bits per heavy atom. The van der Waals surface area contributed by atoms with Crippen molar-refractivity contribution >= 4 is 17.1 Å². The standard InChI is InChI=1S/C12H19N5O2/c1-16-7-3-4-9(8-16)14-10-5-2-6-11(15-13)12(10)17(18)19/h2,5-6,9,14-15H,3-4,7-8,13H2,1H3. The lowest BCUT2D eigenvalue weighted by molar-refractivity contribution is -0.383. The van der Waals surface area contributed by atoms with E-state index in [9.17, 15) is 10.1 Å². The van der Waals surface area contributed by atoms with Gasteiger partial charge in [0, 0.05) is 12.6 Å². The molecule has 1 heterocycles. The number of hydrazine groups is 1. The van der Waals surface area contributed by atoms with E-state index in [1.807, 2.05) is 0 Å². The number of likely N-dealkylation sites (N-methyl/N-ethyl adjacent to an activating group) is 1. The summed E-state index contributed by atoms with van der Waals surface area (Å²) < 4.78 is 0. The number of hydrogen-bond acceptors (Lipinski definition) is 6. The second-order valence-electron chi connectivity index (χ2n) is 4.85. The van der Waals surface area contributed by atoms with Crippen molar-refractivity contribution in [1.29, 1.82) is 0 Å². The van der Waals surface area contributed by atoms with Crippen LogP contribution in [-0.4, -0.2) is 36.0 Å². The Balaban J connectivity index is 2.21. The zero-order chi connectivity index (χ0) is 13.8. The summed E-state index contributed by atoms with van der Waals surface area (Å²) in [7, 11) is 2.06. The molecule has 19 heavy (non-hydrogen) atoms. The Hall–Kier alpha value is -1.86. The Kier molecular flexibility index (Phi) is 4.18. The van der Waals surface area contributed by atoms with Gasteiger partial charge in [-0.15, -0.1) is 0 Å². The van der Waals surface area contributed by atoms with Crippen LogP contribution < -0.4 is 16.6 Å². The van der Waals surface area contributed by atoms with Gasteiger partial charge in [0.2, 0.25) is 0 Å². The first-order chi connectivity index (χ1) is 9.11. The molecule has 1 saturated heterocycles. The molecule has 1 atom stereocenters. The molecule has 7 nitrogen and oxygen atoms in total. The van der Waals surface area contributed by atoms with Crippen LogP contribution in [0.2, 0.25) is 0 Å². The third-order valence-corrected chi connectivity index (χ3v) is 3.36. The third-order valence-electron chi connectivity index (χ3n) is 3.36. The van der Waals surface area contributed by atoms with E-state index >= 15 is 0 Å². The Labute approximate surface area is 111 Å². The van der Waals surface area contributed by atoms with Gasteiger partial charge in [-0.3, -0.25) is 16.0 Å². The molecular formula is C12H19N5O2. The van der Waals surface area contributed by atoms with Gasteiger partial charge in [-0.2, -0.15) is 0 Å². The van der Waals surface area contributed by atoms with Crippen molar-refractivity contribution in [3.05, 3.63) is 28.3 Å². The molecule has 1 aliphatic heterocycles. The summed E-state index contributed by atoms with van der Waals surface area (Å²) in [6.45, 7) is 1.96. The molecule has 1 aromatic rings.